The summed E-state index contributed by atoms with van der Waals surface area (Å²) in [5, 5.41) is 3.49. The zero-order chi connectivity index (χ0) is 12.8. The first-order valence-corrected chi connectivity index (χ1v) is 6.68. The molecule has 1 saturated heterocycles. The Kier molecular flexibility index (Phi) is 4.75. The van der Waals surface area contributed by atoms with Crippen molar-refractivity contribution in [3.63, 3.8) is 0 Å². The van der Waals surface area contributed by atoms with Crippen molar-refractivity contribution in [2.75, 3.05) is 31.6 Å². The van der Waals surface area contributed by atoms with Crippen LogP contribution < -0.4 is 15.0 Å². The average Bonchev–Trinajstić information content (AvgIpc) is 2.87. The molecular weight excluding hydrogens is 228 g/mol. The SMILES string of the molecule is CCCNCC1CCCN1c1cc(OC)ncn1. The monoisotopic (exact) mass is 250 g/mol. The van der Waals surface area contributed by atoms with Gasteiger partial charge in [0.15, 0.2) is 0 Å². The summed E-state index contributed by atoms with van der Waals surface area (Å²) in [6.45, 7) is 5.37. The lowest BCUT2D eigenvalue weighted by atomic mass is 10.2. The molecule has 5 nitrogen and oxygen atoms in total. The Bertz CT molecular complexity index is 372. The lowest BCUT2D eigenvalue weighted by Crippen LogP contribution is -2.38. The molecule has 0 radical (unpaired) electrons. The number of methoxy groups -OCH3 is 1. The highest BCUT2D eigenvalue weighted by atomic mass is 16.5. The molecule has 0 aromatic carbocycles. The van der Waals surface area contributed by atoms with Crippen LogP contribution in [0.2, 0.25) is 0 Å². The molecule has 18 heavy (non-hydrogen) atoms. The second kappa shape index (κ2) is 6.54. The summed E-state index contributed by atoms with van der Waals surface area (Å²) in [4.78, 5) is 10.8. The Morgan fingerprint density at radius 2 is 2.39 bits per heavy atom. The van der Waals surface area contributed by atoms with Crippen LogP contribution in [0.1, 0.15) is 26.2 Å². The fraction of sp³-hybridized carbons (Fsp3) is 0.692. The molecular formula is C13H22N4O. The molecule has 0 bridgehead atoms. The van der Waals surface area contributed by atoms with Gasteiger partial charge in [-0.1, -0.05) is 6.92 Å². The predicted molar refractivity (Wildman–Crippen MR) is 72.1 cm³/mol. The van der Waals surface area contributed by atoms with Crippen LogP contribution in [0.5, 0.6) is 5.88 Å². The van der Waals surface area contributed by atoms with Gasteiger partial charge in [-0.15, -0.1) is 0 Å². The molecule has 0 amide bonds. The molecule has 100 valence electrons. The fourth-order valence-corrected chi connectivity index (χ4v) is 2.39. The predicted octanol–water partition coefficient (Wildman–Crippen LogP) is 1.45. The summed E-state index contributed by atoms with van der Waals surface area (Å²) in [6, 6.07) is 2.45. The zero-order valence-corrected chi connectivity index (χ0v) is 11.2. The van der Waals surface area contributed by atoms with Crippen molar-refractivity contribution in [2.45, 2.75) is 32.2 Å². The minimum Gasteiger partial charge on any atom is -0.481 e. The van der Waals surface area contributed by atoms with Crippen molar-refractivity contribution in [3.05, 3.63) is 12.4 Å². The zero-order valence-electron chi connectivity index (χ0n) is 11.2. The van der Waals surface area contributed by atoms with E-state index in [-0.39, 0.29) is 0 Å². The molecule has 0 saturated carbocycles. The van der Waals surface area contributed by atoms with Crippen molar-refractivity contribution in [1.29, 1.82) is 0 Å². The van der Waals surface area contributed by atoms with Crippen molar-refractivity contribution in [1.82, 2.24) is 15.3 Å². The minimum atomic E-state index is 0.538. The van der Waals surface area contributed by atoms with Crippen LogP contribution in [0, 0.1) is 0 Å². The van der Waals surface area contributed by atoms with Crippen LogP contribution in [0.3, 0.4) is 0 Å². The van der Waals surface area contributed by atoms with Crippen LogP contribution in [-0.4, -0.2) is 42.8 Å². The molecule has 1 aliphatic rings. The molecule has 1 fully saturated rings. The molecule has 2 rings (SSSR count). The van der Waals surface area contributed by atoms with Gasteiger partial charge in [-0.3, -0.25) is 0 Å². The molecule has 5 heteroatoms. The van der Waals surface area contributed by atoms with Crippen molar-refractivity contribution in [2.24, 2.45) is 0 Å². The van der Waals surface area contributed by atoms with Gasteiger partial charge in [-0.25, -0.2) is 9.97 Å². The van der Waals surface area contributed by atoms with Crippen molar-refractivity contribution >= 4 is 5.82 Å². The number of anilines is 1. The summed E-state index contributed by atoms with van der Waals surface area (Å²) in [7, 11) is 1.64. The second-order valence-electron chi connectivity index (χ2n) is 4.61. The Morgan fingerprint density at radius 3 is 3.17 bits per heavy atom. The first kappa shape index (κ1) is 13.1. The lowest BCUT2D eigenvalue weighted by molar-refractivity contribution is 0.396. The Labute approximate surface area is 109 Å². The smallest absolute Gasteiger partial charge is 0.218 e. The maximum Gasteiger partial charge on any atom is 0.218 e. The average molecular weight is 250 g/mol. The first-order valence-electron chi connectivity index (χ1n) is 6.68. The summed E-state index contributed by atoms with van der Waals surface area (Å²) < 4.78 is 5.15. The van der Waals surface area contributed by atoms with E-state index in [1.54, 1.807) is 13.4 Å². The molecule has 1 N–H and O–H groups in total. The number of aromatic nitrogens is 2. The normalized spacial score (nSPS) is 19.2. The highest BCUT2D eigenvalue weighted by molar-refractivity contribution is 5.43. The maximum atomic E-state index is 5.15. The summed E-state index contributed by atoms with van der Waals surface area (Å²) in [5.74, 6) is 1.61. The quantitative estimate of drug-likeness (QED) is 0.775. The fourth-order valence-electron chi connectivity index (χ4n) is 2.39. The van der Waals surface area contributed by atoms with E-state index in [0.717, 1.165) is 25.5 Å². The number of hydrogen-bond donors (Lipinski definition) is 1. The van der Waals surface area contributed by atoms with E-state index >= 15 is 0 Å². The van der Waals surface area contributed by atoms with Crippen molar-refractivity contribution < 1.29 is 4.74 Å². The Morgan fingerprint density at radius 1 is 1.50 bits per heavy atom. The standard InChI is InChI=1S/C13H22N4O/c1-3-6-14-9-11-5-4-7-17(11)12-8-13(18-2)16-10-15-12/h8,10-11,14H,3-7,9H2,1-2H3. The van der Waals surface area contributed by atoms with Crippen LogP contribution in [-0.2, 0) is 0 Å². The number of rotatable bonds is 6. The topological polar surface area (TPSA) is 50.3 Å². The molecule has 0 spiro atoms. The minimum absolute atomic E-state index is 0.538. The van der Waals surface area contributed by atoms with Crippen LogP contribution in [0.25, 0.3) is 0 Å². The highest BCUT2D eigenvalue weighted by Gasteiger charge is 2.25. The van der Waals surface area contributed by atoms with E-state index in [2.05, 4.69) is 27.1 Å². The van der Waals surface area contributed by atoms with Gasteiger partial charge in [0, 0.05) is 25.2 Å². The van der Waals surface area contributed by atoms with Gasteiger partial charge in [0.2, 0.25) is 5.88 Å². The largest absolute Gasteiger partial charge is 0.481 e. The van der Waals surface area contributed by atoms with Crippen LogP contribution in [0.4, 0.5) is 5.82 Å². The van der Waals surface area contributed by atoms with E-state index in [9.17, 15) is 0 Å². The van der Waals surface area contributed by atoms with E-state index in [1.165, 1.54) is 19.3 Å². The van der Waals surface area contributed by atoms with Crippen LogP contribution >= 0.6 is 0 Å². The molecule has 1 aliphatic heterocycles. The third kappa shape index (κ3) is 3.10. The first-order chi connectivity index (χ1) is 8.85. The van der Waals surface area contributed by atoms with Gasteiger partial charge >= 0.3 is 0 Å². The lowest BCUT2D eigenvalue weighted by Gasteiger charge is -2.26. The van der Waals surface area contributed by atoms with Crippen LogP contribution in [0.15, 0.2) is 12.4 Å². The molecule has 0 aliphatic carbocycles. The molecule has 1 aromatic heterocycles. The third-order valence-corrected chi connectivity index (χ3v) is 3.31. The Balaban J connectivity index is 2.01. The number of hydrogen-bond acceptors (Lipinski definition) is 5. The summed E-state index contributed by atoms with van der Waals surface area (Å²) in [6.07, 6.45) is 5.20. The summed E-state index contributed by atoms with van der Waals surface area (Å²) >= 11 is 0. The maximum absolute atomic E-state index is 5.15. The molecule has 1 atom stereocenters. The van der Waals surface area contributed by atoms with E-state index in [0.29, 0.717) is 11.9 Å². The molecule has 1 unspecified atom stereocenters. The molecule has 1 aromatic rings. The number of nitrogens with one attached hydrogen (secondary N) is 1. The van der Waals surface area contributed by atoms with Crippen molar-refractivity contribution in [3.8, 4) is 5.88 Å². The van der Waals surface area contributed by atoms with Gasteiger partial charge in [0.1, 0.15) is 12.1 Å². The molecule has 2 heterocycles. The van der Waals surface area contributed by atoms with Gasteiger partial charge in [0.05, 0.1) is 7.11 Å². The van der Waals surface area contributed by atoms with Gasteiger partial charge in [0.25, 0.3) is 0 Å². The van der Waals surface area contributed by atoms with Gasteiger partial charge in [-0.2, -0.15) is 0 Å². The third-order valence-electron chi connectivity index (χ3n) is 3.31. The van der Waals surface area contributed by atoms with E-state index in [4.69, 9.17) is 4.74 Å². The number of ether oxygens (including phenoxy) is 1. The second-order valence-corrected chi connectivity index (χ2v) is 4.61. The van der Waals surface area contributed by atoms with E-state index < -0.39 is 0 Å². The highest BCUT2D eigenvalue weighted by Crippen LogP contribution is 2.24. The van der Waals surface area contributed by atoms with Gasteiger partial charge < -0.3 is 15.0 Å². The Hall–Kier alpha value is -1.36. The number of nitrogens with zero attached hydrogens (tertiary/aromatic N) is 3. The van der Waals surface area contributed by atoms with Gasteiger partial charge in [-0.05, 0) is 25.8 Å². The summed E-state index contributed by atoms with van der Waals surface area (Å²) in [5.41, 5.74) is 0. The van der Waals surface area contributed by atoms with E-state index in [1.807, 2.05) is 6.07 Å².